The van der Waals surface area contributed by atoms with Crippen molar-refractivity contribution in [2.75, 3.05) is 20.3 Å². The normalized spacial score (nSPS) is 13.2. The molecule has 0 saturated carbocycles. The summed E-state index contributed by atoms with van der Waals surface area (Å²) < 4.78 is 31.0. The third-order valence-corrected chi connectivity index (χ3v) is 4.33. The van der Waals surface area contributed by atoms with Gasteiger partial charge in [0.1, 0.15) is 4.90 Å². The van der Waals surface area contributed by atoms with Crippen molar-refractivity contribution in [3.05, 3.63) is 33.3 Å². The van der Waals surface area contributed by atoms with Gasteiger partial charge in [0.25, 0.3) is 5.69 Å². The Morgan fingerprint density at radius 2 is 2.20 bits per heavy atom. The molecule has 2 N–H and O–H groups in total. The minimum atomic E-state index is -4.01. The van der Waals surface area contributed by atoms with Gasteiger partial charge in [0.15, 0.2) is 0 Å². The van der Waals surface area contributed by atoms with Crippen LogP contribution in [0.15, 0.2) is 23.1 Å². The van der Waals surface area contributed by atoms with Crippen LogP contribution < -0.4 is 4.72 Å². The highest BCUT2D eigenvalue weighted by atomic mass is 35.5. The van der Waals surface area contributed by atoms with Crippen LogP contribution in [-0.4, -0.2) is 44.8 Å². The summed E-state index contributed by atoms with van der Waals surface area (Å²) in [7, 11) is -2.65. The maximum atomic E-state index is 12.0. The maximum absolute atomic E-state index is 12.0. The first-order valence-electron chi connectivity index (χ1n) is 5.38. The number of aliphatic hydroxyl groups excluding tert-OH is 1. The number of benzene rings is 1. The monoisotopic (exact) mass is 324 g/mol. The van der Waals surface area contributed by atoms with Gasteiger partial charge >= 0.3 is 0 Å². The lowest BCUT2D eigenvalue weighted by Crippen LogP contribution is -2.40. The molecule has 1 rings (SSSR count). The molecule has 112 valence electrons. The molecule has 0 aliphatic rings. The third-order valence-electron chi connectivity index (χ3n) is 2.33. The Balaban J connectivity index is 3.06. The summed E-state index contributed by atoms with van der Waals surface area (Å²) in [4.78, 5) is 9.57. The molecule has 0 radical (unpaired) electrons. The summed E-state index contributed by atoms with van der Waals surface area (Å²) in [6.45, 7) is -0.488. The quantitative estimate of drug-likeness (QED) is 0.558. The Hall–Kier alpha value is -1.26. The molecule has 0 aliphatic carbocycles. The average molecular weight is 325 g/mol. The lowest BCUT2D eigenvalue weighted by molar-refractivity contribution is -0.384. The minimum absolute atomic E-state index is 0.0275. The number of halogens is 1. The number of ether oxygens (including phenoxy) is 1. The Morgan fingerprint density at radius 1 is 1.55 bits per heavy atom. The number of methoxy groups -OCH3 is 1. The van der Waals surface area contributed by atoms with E-state index in [-0.39, 0.29) is 22.2 Å². The fraction of sp³-hybridized carbons (Fsp3) is 0.400. The highest BCUT2D eigenvalue weighted by Gasteiger charge is 2.23. The van der Waals surface area contributed by atoms with Crippen molar-refractivity contribution in [1.29, 1.82) is 0 Å². The fourth-order valence-corrected chi connectivity index (χ4v) is 3.18. The molecule has 1 unspecified atom stereocenters. The van der Waals surface area contributed by atoms with E-state index in [1.165, 1.54) is 7.11 Å². The molecule has 1 atom stereocenters. The van der Waals surface area contributed by atoms with Gasteiger partial charge in [0, 0.05) is 19.2 Å². The van der Waals surface area contributed by atoms with E-state index >= 15 is 0 Å². The summed E-state index contributed by atoms with van der Waals surface area (Å²) >= 11 is 5.74. The van der Waals surface area contributed by atoms with Crippen molar-refractivity contribution >= 4 is 27.3 Å². The van der Waals surface area contributed by atoms with Crippen LogP contribution >= 0.6 is 11.6 Å². The Labute approximate surface area is 120 Å². The minimum Gasteiger partial charge on any atom is -0.395 e. The number of nitro benzene ring substituents is 1. The zero-order chi connectivity index (χ0) is 15.3. The number of non-ortho nitro benzene ring substituents is 1. The smallest absolute Gasteiger partial charge is 0.271 e. The SMILES string of the molecule is COCC(CO)NS(=O)(=O)c1ccc([N+](=O)[O-])cc1Cl. The second-order valence-electron chi connectivity index (χ2n) is 3.83. The summed E-state index contributed by atoms with van der Waals surface area (Å²) in [6.07, 6.45) is 0. The molecule has 10 heteroatoms. The van der Waals surface area contributed by atoms with Crippen LogP contribution in [-0.2, 0) is 14.8 Å². The molecular formula is C10H13ClN2O6S. The first-order valence-corrected chi connectivity index (χ1v) is 7.24. The number of sulfonamides is 1. The van der Waals surface area contributed by atoms with Crippen LogP contribution in [0.1, 0.15) is 0 Å². The van der Waals surface area contributed by atoms with E-state index in [4.69, 9.17) is 21.4 Å². The Bertz CT molecular complexity index is 591. The number of nitro groups is 1. The van der Waals surface area contributed by atoms with Crippen molar-refractivity contribution in [3.8, 4) is 0 Å². The fourth-order valence-electron chi connectivity index (χ4n) is 1.43. The molecule has 0 amide bonds. The summed E-state index contributed by atoms with van der Waals surface area (Å²) in [5.74, 6) is 0. The van der Waals surface area contributed by atoms with E-state index in [0.29, 0.717) is 0 Å². The van der Waals surface area contributed by atoms with Crippen molar-refractivity contribution in [3.63, 3.8) is 0 Å². The molecule has 0 fully saturated rings. The van der Waals surface area contributed by atoms with Gasteiger partial charge in [-0.3, -0.25) is 10.1 Å². The van der Waals surface area contributed by atoms with Gasteiger partial charge in [-0.25, -0.2) is 13.1 Å². The second-order valence-corrected chi connectivity index (χ2v) is 5.92. The van der Waals surface area contributed by atoms with Gasteiger partial charge in [0.05, 0.1) is 29.2 Å². The summed E-state index contributed by atoms with van der Waals surface area (Å²) in [6, 6.07) is 2.17. The summed E-state index contributed by atoms with van der Waals surface area (Å²) in [5, 5.41) is 19.3. The zero-order valence-corrected chi connectivity index (χ0v) is 12.0. The highest BCUT2D eigenvalue weighted by molar-refractivity contribution is 7.89. The van der Waals surface area contributed by atoms with Crippen LogP contribution in [0, 0.1) is 10.1 Å². The van der Waals surface area contributed by atoms with Crippen molar-refractivity contribution < 1.29 is 23.2 Å². The molecule has 0 heterocycles. The predicted molar refractivity (Wildman–Crippen MR) is 71.2 cm³/mol. The Kier molecular flexibility index (Phi) is 5.84. The number of rotatable bonds is 7. The summed E-state index contributed by atoms with van der Waals surface area (Å²) in [5.41, 5.74) is -0.315. The van der Waals surface area contributed by atoms with Crippen LogP contribution in [0.25, 0.3) is 0 Å². The van der Waals surface area contributed by atoms with E-state index in [2.05, 4.69) is 4.72 Å². The van der Waals surface area contributed by atoms with E-state index < -0.39 is 27.6 Å². The average Bonchev–Trinajstić information content (AvgIpc) is 2.37. The second kappa shape index (κ2) is 6.95. The largest absolute Gasteiger partial charge is 0.395 e. The van der Waals surface area contributed by atoms with Gasteiger partial charge in [-0.15, -0.1) is 0 Å². The van der Waals surface area contributed by atoms with Crippen LogP contribution in [0.2, 0.25) is 5.02 Å². The van der Waals surface area contributed by atoms with Crippen LogP contribution in [0.4, 0.5) is 5.69 Å². The molecule has 0 aliphatic heterocycles. The highest BCUT2D eigenvalue weighted by Crippen LogP contribution is 2.26. The Morgan fingerprint density at radius 3 is 2.65 bits per heavy atom. The number of nitrogens with one attached hydrogen (secondary N) is 1. The van der Waals surface area contributed by atoms with Crippen molar-refractivity contribution in [1.82, 2.24) is 4.72 Å². The number of aliphatic hydroxyl groups is 1. The van der Waals surface area contributed by atoms with Crippen LogP contribution in [0.3, 0.4) is 0 Å². The van der Waals surface area contributed by atoms with E-state index in [0.717, 1.165) is 18.2 Å². The third kappa shape index (κ3) is 4.12. The predicted octanol–water partition coefficient (Wildman–Crippen LogP) is 0.534. The molecule has 1 aromatic rings. The van der Waals surface area contributed by atoms with E-state index in [1.54, 1.807) is 0 Å². The number of nitrogens with zero attached hydrogens (tertiary/aromatic N) is 1. The van der Waals surface area contributed by atoms with Gasteiger partial charge < -0.3 is 9.84 Å². The molecule has 8 nitrogen and oxygen atoms in total. The van der Waals surface area contributed by atoms with Crippen LogP contribution in [0.5, 0.6) is 0 Å². The van der Waals surface area contributed by atoms with Gasteiger partial charge in [-0.05, 0) is 6.07 Å². The van der Waals surface area contributed by atoms with Gasteiger partial charge in [0.2, 0.25) is 10.0 Å². The van der Waals surface area contributed by atoms with E-state index in [9.17, 15) is 18.5 Å². The first-order chi connectivity index (χ1) is 9.31. The standard InChI is InChI=1S/C10H13ClN2O6S/c1-19-6-7(5-14)12-20(17,18)10-3-2-8(13(15)16)4-9(10)11/h2-4,7,12,14H,5-6H2,1H3. The molecule has 20 heavy (non-hydrogen) atoms. The topological polar surface area (TPSA) is 119 Å². The van der Waals surface area contributed by atoms with Crippen molar-refractivity contribution in [2.45, 2.75) is 10.9 Å². The number of hydrogen-bond donors (Lipinski definition) is 2. The van der Waals surface area contributed by atoms with Crippen molar-refractivity contribution in [2.24, 2.45) is 0 Å². The van der Waals surface area contributed by atoms with Gasteiger partial charge in [-0.1, -0.05) is 11.6 Å². The zero-order valence-electron chi connectivity index (χ0n) is 10.4. The molecule has 0 saturated heterocycles. The lowest BCUT2D eigenvalue weighted by Gasteiger charge is -2.15. The number of hydrogen-bond acceptors (Lipinski definition) is 6. The maximum Gasteiger partial charge on any atom is 0.271 e. The van der Waals surface area contributed by atoms with Gasteiger partial charge in [-0.2, -0.15) is 0 Å². The molecule has 1 aromatic carbocycles. The molecule has 0 aromatic heterocycles. The van der Waals surface area contributed by atoms with E-state index in [1.807, 2.05) is 0 Å². The molecule has 0 bridgehead atoms. The molecule has 0 spiro atoms. The molecular weight excluding hydrogens is 312 g/mol. The first kappa shape index (κ1) is 16.8. The lowest BCUT2D eigenvalue weighted by atomic mass is 10.3.